The predicted molar refractivity (Wildman–Crippen MR) is 105 cm³/mol. The van der Waals surface area contributed by atoms with Crippen molar-refractivity contribution in [3.8, 4) is 5.75 Å². The van der Waals surface area contributed by atoms with Crippen molar-refractivity contribution in [3.63, 3.8) is 0 Å². The summed E-state index contributed by atoms with van der Waals surface area (Å²) in [7, 11) is 1.70. The van der Waals surface area contributed by atoms with Gasteiger partial charge in [0.2, 0.25) is 5.91 Å². The number of anilines is 1. The van der Waals surface area contributed by atoms with Crippen LogP contribution in [0, 0.1) is 0 Å². The van der Waals surface area contributed by atoms with Crippen molar-refractivity contribution in [2.45, 2.75) is 13.0 Å². The van der Waals surface area contributed by atoms with Crippen LogP contribution in [0.25, 0.3) is 0 Å². The molecule has 5 heteroatoms. The molecule has 0 aliphatic carbocycles. The Morgan fingerprint density at radius 2 is 1.69 bits per heavy atom. The zero-order valence-corrected chi connectivity index (χ0v) is 15.5. The van der Waals surface area contributed by atoms with Gasteiger partial charge < -0.3 is 15.0 Å². The van der Waals surface area contributed by atoms with Gasteiger partial charge in [-0.25, -0.2) is 0 Å². The van der Waals surface area contributed by atoms with Crippen LogP contribution in [0.2, 0.25) is 0 Å². The molecule has 0 radical (unpaired) electrons. The molecule has 138 valence electrons. The highest BCUT2D eigenvalue weighted by atomic mass is 16.5. The summed E-state index contributed by atoms with van der Waals surface area (Å²) in [5, 5.41) is 3.09. The summed E-state index contributed by atoms with van der Waals surface area (Å²) < 4.78 is 5.46. The zero-order chi connectivity index (χ0) is 18.4. The Morgan fingerprint density at radius 1 is 1.04 bits per heavy atom. The Balaban J connectivity index is 1.48. The summed E-state index contributed by atoms with van der Waals surface area (Å²) in [5.41, 5.74) is 2.25. The number of hydrogen-bond donors (Lipinski definition) is 1. The molecule has 1 saturated heterocycles. The van der Waals surface area contributed by atoms with Crippen molar-refractivity contribution >= 4 is 11.6 Å². The van der Waals surface area contributed by atoms with Gasteiger partial charge in [0.15, 0.2) is 0 Å². The third kappa shape index (κ3) is 4.55. The maximum absolute atomic E-state index is 12.4. The van der Waals surface area contributed by atoms with E-state index in [4.69, 9.17) is 4.74 Å². The lowest BCUT2D eigenvalue weighted by Gasteiger charge is -2.36. The highest BCUT2D eigenvalue weighted by Crippen LogP contribution is 2.28. The number of carbonyl (C=O) groups is 1. The highest BCUT2D eigenvalue weighted by Gasteiger charge is 2.21. The van der Waals surface area contributed by atoms with E-state index >= 15 is 0 Å². The minimum Gasteiger partial charge on any atom is -0.495 e. The number of nitrogens with zero attached hydrogens (tertiary/aromatic N) is 2. The molecule has 2 aromatic carbocycles. The Morgan fingerprint density at radius 3 is 2.38 bits per heavy atom. The summed E-state index contributed by atoms with van der Waals surface area (Å²) in [6, 6.07) is 18.2. The van der Waals surface area contributed by atoms with Gasteiger partial charge in [0.1, 0.15) is 5.75 Å². The first-order valence-corrected chi connectivity index (χ1v) is 9.12. The van der Waals surface area contributed by atoms with Crippen LogP contribution in [0.3, 0.4) is 0 Å². The van der Waals surface area contributed by atoms with Gasteiger partial charge in [-0.05, 0) is 24.6 Å². The number of piperazine rings is 1. The molecule has 1 heterocycles. The van der Waals surface area contributed by atoms with Crippen LogP contribution < -0.4 is 15.0 Å². The van der Waals surface area contributed by atoms with E-state index in [0.717, 1.165) is 43.2 Å². The van der Waals surface area contributed by atoms with Gasteiger partial charge in [0, 0.05) is 26.2 Å². The Hall–Kier alpha value is -2.53. The molecule has 1 aliphatic heterocycles. The quantitative estimate of drug-likeness (QED) is 0.867. The third-order valence-corrected chi connectivity index (χ3v) is 4.84. The lowest BCUT2D eigenvalue weighted by Crippen LogP contribution is -2.49. The second-order valence-electron chi connectivity index (χ2n) is 6.63. The monoisotopic (exact) mass is 353 g/mol. The molecule has 3 rings (SSSR count). The molecule has 2 aromatic rings. The maximum Gasteiger partial charge on any atom is 0.234 e. The Kier molecular flexibility index (Phi) is 6.12. The first-order valence-electron chi connectivity index (χ1n) is 9.12. The summed E-state index contributed by atoms with van der Waals surface area (Å²) in [4.78, 5) is 16.9. The number of benzene rings is 2. The van der Waals surface area contributed by atoms with Crippen molar-refractivity contribution in [1.82, 2.24) is 10.2 Å². The molecule has 0 aromatic heterocycles. The molecule has 0 saturated carbocycles. The zero-order valence-electron chi connectivity index (χ0n) is 15.5. The van der Waals surface area contributed by atoms with Crippen LogP contribution in [0.4, 0.5) is 5.69 Å². The number of carbonyl (C=O) groups excluding carboxylic acids is 1. The summed E-state index contributed by atoms with van der Waals surface area (Å²) in [6.07, 6.45) is 0. The third-order valence-electron chi connectivity index (χ3n) is 4.84. The molecule has 26 heavy (non-hydrogen) atoms. The molecule has 1 atom stereocenters. The average Bonchev–Trinajstić information content (AvgIpc) is 2.69. The number of para-hydroxylation sites is 2. The lowest BCUT2D eigenvalue weighted by atomic mass is 10.1. The number of amides is 1. The number of ether oxygens (including phenoxy) is 1. The molecule has 1 fully saturated rings. The van der Waals surface area contributed by atoms with Crippen molar-refractivity contribution in [2.24, 2.45) is 0 Å². The van der Waals surface area contributed by atoms with Crippen molar-refractivity contribution in [1.29, 1.82) is 0 Å². The van der Waals surface area contributed by atoms with Crippen LogP contribution in [-0.4, -0.2) is 50.6 Å². The van der Waals surface area contributed by atoms with E-state index < -0.39 is 0 Å². The van der Waals surface area contributed by atoms with E-state index in [0.29, 0.717) is 6.54 Å². The first kappa shape index (κ1) is 18.3. The Bertz CT molecular complexity index is 712. The SMILES string of the molecule is COc1ccccc1N1CCN(CC(=O)N[C@H](C)c2ccccc2)CC1. The fourth-order valence-corrected chi connectivity index (χ4v) is 3.35. The van der Waals surface area contributed by atoms with Gasteiger partial charge in [-0.2, -0.15) is 0 Å². The second-order valence-corrected chi connectivity index (χ2v) is 6.63. The van der Waals surface area contributed by atoms with E-state index in [1.54, 1.807) is 7.11 Å². The number of hydrogen-bond acceptors (Lipinski definition) is 4. The van der Waals surface area contributed by atoms with Crippen LogP contribution >= 0.6 is 0 Å². The molecular weight excluding hydrogens is 326 g/mol. The minimum atomic E-state index is 0.0265. The number of rotatable bonds is 6. The van der Waals surface area contributed by atoms with Gasteiger partial charge in [0.05, 0.1) is 25.4 Å². The standard InChI is InChI=1S/C21H27N3O2/c1-17(18-8-4-3-5-9-18)22-21(25)16-23-12-14-24(15-13-23)19-10-6-7-11-20(19)26-2/h3-11,17H,12-16H2,1-2H3,(H,22,25)/t17-/m1/s1. The Labute approximate surface area is 155 Å². The van der Waals surface area contributed by atoms with E-state index in [1.807, 2.05) is 55.5 Å². The normalized spacial score (nSPS) is 16.2. The van der Waals surface area contributed by atoms with E-state index in [-0.39, 0.29) is 11.9 Å². The fourth-order valence-electron chi connectivity index (χ4n) is 3.35. The van der Waals surface area contributed by atoms with Crippen LogP contribution in [-0.2, 0) is 4.79 Å². The minimum absolute atomic E-state index is 0.0265. The van der Waals surface area contributed by atoms with Crippen LogP contribution in [0.5, 0.6) is 5.75 Å². The molecule has 1 aliphatic rings. The van der Waals surface area contributed by atoms with Crippen molar-refractivity contribution < 1.29 is 9.53 Å². The highest BCUT2D eigenvalue weighted by molar-refractivity contribution is 5.78. The lowest BCUT2D eigenvalue weighted by molar-refractivity contribution is -0.123. The van der Waals surface area contributed by atoms with Gasteiger partial charge >= 0.3 is 0 Å². The van der Waals surface area contributed by atoms with Crippen LogP contribution in [0.15, 0.2) is 54.6 Å². The molecule has 5 nitrogen and oxygen atoms in total. The average molecular weight is 353 g/mol. The summed E-state index contributed by atoms with van der Waals surface area (Å²) >= 11 is 0. The summed E-state index contributed by atoms with van der Waals surface area (Å²) in [6.45, 7) is 5.98. The molecule has 0 bridgehead atoms. The molecule has 0 unspecified atom stereocenters. The predicted octanol–water partition coefficient (Wildman–Crippen LogP) is 2.69. The smallest absolute Gasteiger partial charge is 0.234 e. The van der Waals surface area contributed by atoms with Gasteiger partial charge in [0.25, 0.3) is 0 Å². The van der Waals surface area contributed by atoms with Gasteiger partial charge in [-0.15, -0.1) is 0 Å². The van der Waals surface area contributed by atoms with Gasteiger partial charge in [-0.3, -0.25) is 9.69 Å². The van der Waals surface area contributed by atoms with E-state index in [1.165, 1.54) is 0 Å². The van der Waals surface area contributed by atoms with E-state index in [2.05, 4.69) is 21.2 Å². The number of methoxy groups -OCH3 is 1. The van der Waals surface area contributed by atoms with Crippen molar-refractivity contribution in [3.05, 3.63) is 60.2 Å². The summed E-state index contributed by atoms with van der Waals surface area (Å²) in [5.74, 6) is 0.975. The first-order chi connectivity index (χ1) is 12.7. The number of nitrogens with one attached hydrogen (secondary N) is 1. The van der Waals surface area contributed by atoms with E-state index in [9.17, 15) is 4.79 Å². The second kappa shape index (κ2) is 8.72. The largest absolute Gasteiger partial charge is 0.495 e. The van der Waals surface area contributed by atoms with Gasteiger partial charge in [-0.1, -0.05) is 42.5 Å². The molecular formula is C21H27N3O2. The molecule has 0 spiro atoms. The van der Waals surface area contributed by atoms with Crippen molar-refractivity contribution in [2.75, 3.05) is 44.7 Å². The molecule has 1 amide bonds. The van der Waals surface area contributed by atoms with Crippen LogP contribution in [0.1, 0.15) is 18.5 Å². The maximum atomic E-state index is 12.4. The fraction of sp³-hybridized carbons (Fsp3) is 0.381. The molecule has 1 N–H and O–H groups in total. The topological polar surface area (TPSA) is 44.8 Å².